The van der Waals surface area contributed by atoms with Crippen molar-refractivity contribution in [2.45, 2.75) is 106 Å². The SMILES string of the molecule is CC(=O)NC1(C)C(C)(COC(=O)CCCCC2SC[C@@H]3NC(=O)N[C@H]23)OC2(CO)OC1(C)C2(C)O. The van der Waals surface area contributed by atoms with Gasteiger partial charge in [0.25, 0.3) is 0 Å². The zero-order valence-electron chi connectivity index (χ0n) is 20.9. The molecule has 0 aromatic carbocycles. The highest BCUT2D eigenvalue weighted by Gasteiger charge is 2.86. The highest BCUT2D eigenvalue weighted by Crippen LogP contribution is 2.64. The number of fused-ring (bicyclic) bond motifs is 3. The maximum absolute atomic E-state index is 12.6. The minimum Gasteiger partial charge on any atom is -0.463 e. The van der Waals surface area contributed by atoms with Crippen molar-refractivity contribution in [3.05, 3.63) is 0 Å². The van der Waals surface area contributed by atoms with Crippen LogP contribution in [0.25, 0.3) is 0 Å². The monoisotopic (exact) mass is 515 g/mol. The predicted octanol–water partition coefficient (Wildman–Crippen LogP) is 0.168. The average Bonchev–Trinajstić information content (AvgIpc) is 3.32. The molecule has 5 saturated heterocycles. The lowest BCUT2D eigenvalue weighted by Gasteiger charge is -2.77. The summed E-state index contributed by atoms with van der Waals surface area (Å²) >= 11 is 1.84. The number of hydrogen-bond donors (Lipinski definition) is 5. The standard InChI is InChI=1S/C23H37N3O8S/c1-13(28)26-20(3)19(2,33-23(11-27)21(4,31)22(20,5)34-23)12-32-16(29)9-7-6-8-15-17-14(10-35-15)24-18(30)25-17/h14-15,17,27,31H,6-12H2,1-5H3,(H,26,28)(H2,24,25,30)/t14-,15?,17-,19?,20?,21?,22?,23?/m0/s1. The summed E-state index contributed by atoms with van der Waals surface area (Å²) in [7, 11) is 0. The number of amides is 3. The number of thioether (sulfide) groups is 1. The zero-order chi connectivity index (χ0) is 25.9. The molecule has 2 bridgehead atoms. The number of carbonyl (C=O) groups excluding carboxylic acids is 3. The summed E-state index contributed by atoms with van der Waals surface area (Å²) in [6, 6.07) is 0.206. The number of unbranched alkanes of at least 4 members (excludes halogenated alkanes) is 1. The molecule has 5 aliphatic heterocycles. The molecule has 5 aliphatic rings. The Labute approximate surface area is 209 Å². The first-order valence-corrected chi connectivity index (χ1v) is 13.2. The van der Waals surface area contributed by atoms with Gasteiger partial charge in [-0.3, -0.25) is 9.59 Å². The first-order chi connectivity index (χ1) is 16.2. The van der Waals surface area contributed by atoms with Crippen LogP contribution in [-0.2, 0) is 23.8 Å². The molecule has 12 heteroatoms. The van der Waals surface area contributed by atoms with E-state index in [2.05, 4.69) is 16.0 Å². The Morgan fingerprint density at radius 1 is 1.20 bits per heavy atom. The van der Waals surface area contributed by atoms with Gasteiger partial charge in [-0.2, -0.15) is 11.8 Å². The second-order valence-electron chi connectivity index (χ2n) is 10.8. The van der Waals surface area contributed by atoms with Crippen molar-refractivity contribution in [3.63, 3.8) is 0 Å². The van der Waals surface area contributed by atoms with Crippen molar-refractivity contribution < 1.29 is 38.8 Å². The fourth-order valence-corrected chi connectivity index (χ4v) is 7.61. The van der Waals surface area contributed by atoms with Crippen molar-refractivity contribution >= 4 is 29.7 Å². The first kappa shape index (κ1) is 26.5. The van der Waals surface area contributed by atoms with Gasteiger partial charge in [-0.1, -0.05) is 6.42 Å². The molecular weight excluding hydrogens is 478 g/mol. The van der Waals surface area contributed by atoms with Crippen molar-refractivity contribution in [3.8, 4) is 0 Å². The van der Waals surface area contributed by atoms with Gasteiger partial charge in [-0.15, -0.1) is 0 Å². The van der Waals surface area contributed by atoms with Crippen LogP contribution in [0.1, 0.15) is 60.3 Å². The van der Waals surface area contributed by atoms with Gasteiger partial charge in [-0.25, -0.2) is 4.79 Å². The summed E-state index contributed by atoms with van der Waals surface area (Å²) < 4.78 is 17.6. The molecule has 198 valence electrons. The molecule has 0 aromatic rings. The molecule has 3 amide bonds. The molecule has 35 heavy (non-hydrogen) atoms. The Kier molecular flexibility index (Phi) is 6.62. The van der Waals surface area contributed by atoms with E-state index >= 15 is 0 Å². The zero-order valence-corrected chi connectivity index (χ0v) is 21.8. The van der Waals surface area contributed by atoms with Gasteiger partial charge in [0, 0.05) is 24.3 Å². The number of carbonyl (C=O) groups is 3. The van der Waals surface area contributed by atoms with E-state index in [0.29, 0.717) is 11.7 Å². The van der Waals surface area contributed by atoms with Crippen LogP contribution in [0.4, 0.5) is 4.79 Å². The number of aliphatic hydroxyl groups is 2. The summed E-state index contributed by atoms with van der Waals surface area (Å²) in [5, 5.41) is 30.2. The van der Waals surface area contributed by atoms with E-state index in [1.54, 1.807) is 20.8 Å². The van der Waals surface area contributed by atoms with E-state index in [9.17, 15) is 24.6 Å². The molecule has 0 aliphatic carbocycles. The van der Waals surface area contributed by atoms with Gasteiger partial charge in [0.1, 0.15) is 35.6 Å². The number of nitrogens with one attached hydrogen (secondary N) is 3. The lowest BCUT2D eigenvalue weighted by Crippen LogP contribution is -2.98. The number of urea groups is 1. The smallest absolute Gasteiger partial charge is 0.315 e. The van der Waals surface area contributed by atoms with Crippen LogP contribution in [0.3, 0.4) is 0 Å². The average molecular weight is 516 g/mol. The Balaban J connectivity index is 1.33. The lowest BCUT2D eigenvalue weighted by molar-refractivity contribution is -0.560. The Bertz CT molecular complexity index is 904. The normalized spacial score (nSPS) is 45.7. The van der Waals surface area contributed by atoms with Crippen LogP contribution < -0.4 is 16.0 Å². The third-order valence-corrected chi connectivity index (χ3v) is 10.2. The molecule has 0 spiro atoms. The molecule has 0 radical (unpaired) electrons. The highest BCUT2D eigenvalue weighted by atomic mass is 32.2. The number of aliphatic hydroxyl groups excluding tert-OH is 1. The third kappa shape index (κ3) is 3.83. The molecule has 8 atom stereocenters. The topological polar surface area (TPSA) is 155 Å². The van der Waals surface area contributed by atoms with E-state index in [4.69, 9.17) is 14.2 Å². The Morgan fingerprint density at radius 3 is 2.54 bits per heavy atom. The van der Waals surface area contributed by atoms with Crippen LogP contribution in [-0.4, -0.2) is 92.6 Å². The number of rotatable bonds is 9. The lowest BCUT2D eigenvalue weighted by atomic mass is 9.54. The molecule has 5 heterocycles. The van der Waals surface area contributed by atoms with Crippen LogP contribution >= 0.6 is 11.8 Å². The molecule has 0 aromatic heterocycles. The number of hydrogen-bond acceptors (Lipinski definition) is 9. The number of ether oxygens (including phenoxy) is 3. The fourth-order valence-electron chi connectivity index (χ4n) is 6.07. The second-order valence-corrected chi connectivity index (χ2v) is 12.1. The summed E-state index contributed by atoms with van der Waals surface area (Å²) in [5.41, 5.74) is -5.48. The van der Waals surface area contributed by atoms with E-state index in [1.807, 2.05) is 11.8 Å². The Hall–Kier alpha value is -1.60. The molecule has 5 N–H and O–H groups in total. The molecule has 0 saturated carbocycles. The van der Waals surface area contributed by atoms with Gasteiger partial charge in [0.05, 0.1) is 12.1 Å². The van der Waals surface area contributed by atoms with Crippen molar-refractivity contribution in [1.29, 1.82) is 0 Å². The van der Waals surface area contributed by atoms with Gasteiger partial charge in [0.15, 0.2) is 0 Å². The van der Waals surface area contributed by atoms with Crippen molar-refractivity contribution in [2.24, 2.45) is 0 Å². The van der Waals surface area contributed by atoms with Crippen LogP contribution in [0, 0.1) is 0 Å². The summed E-state index contributed by atoms with van der Waals surface area (Å²) in [4.78, 5) is 36.2. The quantitative estimate of drug-likeness (QED) is 0.164. The molecule has 6 unspecified atom stereocenters. The van der Waals surface area contributed by atoms with Crippen molar-refractivity contribution in [2.75, 3.05) is 19.0 Å². The van der Waals surface area contributed by atoms with Gasteiger partial charge < -0.3 is 40.4 Å². The molecule has 5 rings (SSSR count). The largest absolute Gasteiger partial charge is 0.463 e. The van der Waals surface area contributed by atoms with E-state index in [-0.39, 0.29) is 37.0 Å². The van der Waals surface area contributed by atoms with Crippen molar-refractivity contribution in [1.82, 2.24) is 16.0 Å². The maximum atomic E-state index is 12.6. The first-order valence-electron chi connectivity index (χ1n) is 12.1. The molecule has 5 fully saturated rings. The Morgan fingerprint density at radius 2 is 1.91 bits per heavy atom. The summed E-state index contributed by atoms with van der Waals surface area (Å²) in [5.74, 6) is -1.56. The van der Waals surface area contributed by atoms with E-state index in [1.165, 1.54) is 13.8 Å². The third-order valence-electron chi connectivity index (χ3n) is 8.64. The van der Waals surface area contributed by atoms with E-state index < -0.39 is 40.7 Å². The van der Waals surface area contributed by atoms with Gasteiger partial charge in [-0.05, 0) is 40.5 Å². The molecule has 11 nitrogen and oxygen atoms in total. The minimum atomic E-state index is -1.69. The van der Waals surface area contributed by atoms with Crippen LogP contribution in [0.15, 0.2) is 0 Å². The second kappa shape index (κ2) is 8.76. The summed E-state index contributed by atoms with van der Waals surface area (Å²) in [6.07, 6.45) is 2.59. The van der Waals surface area contributed by atoms with Crippen LogP contribution in [0.2, 0.25) is 0 Å². The summed E-state index contributed by atoms with van der Waals surface area (Å²) in [6.45, 7) is 7.05. The molecular formula is C23H37N3O8S. The predicted molar refractivity (Wildman–Crippen MR) is 127 cm³/mol. The van der Waals surface area contributed by atoms with Crippen LogP contribution in [0.5, 0.6) is 0 Å². The van der Waals surface area contributed by atoms with Gasteiger partial charge in [0.2, 0.25) is 11.7 Å². The number of esters is 1. The highest BCUT2D eigenvalue weighted by molar-refractivity contribution is 8.00. The van der Waals surface area contributed by atoms with E-state index in [0.717, 1.165) is 18.6 Å². The van der Waals surface area contributed by atoms with Gasteiger partial charge >= 0.3 is 12.0 Å². The fraction of sp³-hybridized carbons (Fsp3) is 0.870. The maximum Gasteiger partial charge on any atom is 0.315 e. The minimum absolute atomic E-state index is 0.111.